The van der Waals surface area contributed by atoms with Crippen LogP contribution in [0, 0.1) is 0 Å². The Morgan fingerprint density at radius 1 is 1.21 bits per heavy atom. The highest BCUT2D eigenvalue weighted by atomic mass is 32.1. The third kappa shape index (κ3) is 5.13. The molecule has 1 aromatic heterocycles. The number of anilines is 1. The molecule has 0 atom stereocenters. The Morgan fingerprint density at radius 3 is 2.71 bits per heavy atom. The minimum atomic E-state index is -0.876. The number of carboxylic acids is 1. The van der Waals surface area contributed by atoms with E-state index in [0.717, 1.165) is 15.3 Å². The number of para-hydroxylation sites is 1. The first-order valence-corrected chi connectivity index (χ1v) is 9.95. The molecule has 7 heteroatoms. The van der Waals surface area contributed by atoms with Crippen LogP contribution >= 0.6 is 11.3 Å². The first-order chi connectivity index (χ1) is 13.4. The number of carboxylic acid groups (broad SMARTS) is 1. The van der Waals surface area contributed by atoms with Crippen LogP contribution in [0.2, 0.25) is 0 Å². The molecule has 3 aromatic rings. The molecule has 0 bridgehead atoms. The molecule has 0 saturated carbocycles. The van der Waals surface area contributed by atoms with Crippen molar-refractivity contribution in [2.24, 2.45) is 0 Å². The van der Waals surface area contributed by atoms with Crippen molar-refractivity contribution in [3.8, 4) is 11.5 Å². The van der Waals surface area contributed by atoms with Crippen LogP contribution in [0.25, 0.3) is 10.2 Å². The average Bonchev–Trinajstić information content (AvgIpc) is 3.07. The molecule has 0 fully saturated rings. The molecule has 1 heterocycles. The van der Waals surface area contributed by atoms with Crippen molar-refractivity contribution >= 4 is 32.7 Å². The van der Waals surface area contributed by atoms with Gasteiger partial charge < -0.3 is 19.5 Å². The summed E-state index contributed by atoms with van der Waals surface area (Å²) in [6.45, 7) is 4.95. The van der Waals surface area contributed by atoms with Crippen molar-refractivity contribution in [3.63, 3.8) is 0 Å². The Bertz CT molecular complexity index is 921. The maximum Gasteiger partial charge on any atom is 0.307 e. The predicted molar refractivity (Wildman–Crippen MR) is 112 cm³/mol. The lowest BCUT2D eigenvalue weighted by atomic mass is 10.1. The Morgan fingerprint density at radius 2 is 2.00 bits per heavy atom. The van der Waals surface area contributed by atoms with Gasteiger partial charge in [-0.2, -0.15) is 0 Å². The summed E-state index contributed by atoms with van der Waals surface area (Å²) in [5, 5.41) is 9.96. The molecule has 28 heavy (non-hydrogen) atoms. The molecular formula is C21H24N2O4S. The van der Waals surface area contributed by atoms with Crippen LogP contribution in [-0.2, 0) is 11.2 Å². The number of benzene rings is 2. The summed E-state index contributed by atoms with van der Waals surface area (Å²) >= 11 is 1.64. The fourth-order valence-electron chi connectivity index (χ4n) is 2.71. The third-order valence-electron chi connectivity index (χ3n) is 4.02. The number of ether oxygens (including phenoxy) is 2. The number of fused-ring (bicyclic) bond motifs is 1. The second kappa shape index (κ2) is 8.93. The molecule has 0 radical (unpaired) electrons. The molecular weight excluding hydrogens is 376 g/mol. The van der Waals surface area contributed by atoms with Crippen LogP contribution in [0.4, 0.5) is 5.13 Å². The summed E-state index contributed by atoms with van der Waals surface area (Å²) in [5.41, 5.74) is 1.67. The number of rotatable bonds is 9. The van der Waals surface area contributed by atoms with Crippen LogP contribution in [0.15, 0.2) is 42.5 Å². The Labute approximate surface area is 168 Å². The molecule has 3 rings (SSSR count). The Hall–Kier alpha value is -2.80. The van der Waals surface area contributed by atoms with Crippen molar-refractivity contribution < 1.29 is 19.4 Å². The summed E-state index contributed by atoms with van der Waals surface area (Å²) < 4.78 is 12.9. The third-order valence-corrected chi connectivity index (χ3v) is 5.17. The fraction of sp³-hybridized carbons (Fsp3) is 0.333. The molecule has 0 unspecified atom stereocenters. The largest absolute Gasteiger partial charge is 0.488 e. The average molecular weight is 401 g/mol. The maximum atomic E-state index is 11.0. The van der Waals surface area contributed by atoms with E-state index in [9.17, 15) is 4.79 Å². The SMILES string of the molecule is CC(C)Oc1ccc(CC(=O)O)cc1OCCN(C)c1nc2ccccc2s1. The van der Waals surface area contributed by atoms with E-state index < -0.39 is 5.97 Å². The second-order valence-electron chi connectivity index (χ2n) is 6.75. The smallest absolute Gasteiger partial charge is 0.307 e. The van der Waals surface area contributed by atoms with Gasteiger partial charge in [-0.3, -0.25) is 4.79 Å². The van der Waals surface area contributed by atoms with E-state index in [0.29, 0.717) is 30.2 Å². The van der Waals surface area contributed by atoms with Crippen molar-refractivity contribution in [3.05, 3.63) is 48.0 Å². The number of likely N-dealkylation sites (N-methyl/N-ethyl adjacent to an activating group) is 1. The molecule has 0 aliphatic carbocycles. The van der Waals surface area contributed by atoms with E-state index in [1.165, 1.54) is 0 Å². The van der Waals surface area contributed by atoms with Gasteiger partial charge in [-0.05, 0) is 43.7 Å². The van der Waals surface area contributed by atoms with Gasteiger partial charge in [-0.1, -0.05) is 29.5 Å². The molecule has 0 aliphatic rings. The number of hydrogen-bond donors (Lipinski definition) is 1. The molecule has 0 spiro atoms. The van der Waals surface area contributed by atoms with Gasteiger partial charge in [0, 0.05) is 7.05 Å². The zero-order valence-electron chi connectivity index (χ0n) is 16.2. The Kier molecular flexibility index (Phi) is 6.36. The van der Waals surface area contributed by atoms with Crippen LogP contribution in [0.1, 0.15) is 19.4 Å². The van der Waals surface area contributed by atoms with E-state index in [-0.39, 0.29) is 12.5 Å². The van der Waals surface area contributed by atoms with Gasteiger partial charge in [0.2, 0.25) is 0 Å². The highest BCUT2D eigenvalue weighted by Gasteiger charge is 2.12. The van der Waals surface area contributed by atoms with Gasteiger partial charge in [0.25, 0.3) is 0 Å². The molecule has 0 amide bonds. The van der Waals surface area contributed by atoms with Gasteiger partial charge in [0.15, 0.2) is 16.6 Å². The summed E-state index contributed by atoms with van der Waals surface area (Å²) in [6, 6.07) is 13.3. The number of hydrogen-bond acceptors (Lipinski definition) is 6. The fourth-order valence-corrected chi connectivity index (χ4v) is 3.67. The quantitative estimate of drug-likeness (QED) is 0.580. The van der Waals surface area contributed by atoms with E-state index in [2.05, 4.69) is 16.0 Å². The summed E-state index contributed by atoms with van der Waals surface area (Å²) in [4.78, 5) is 17.7. The van der Waals surface area contributed by atoms with E-state index in [4.69, 9.17) is 14.6 Å². The lowest BCUT2D eigenvalue weighted by Gasteiger charge is -2.19. The van der Waals surface area contributed by atoms with Gasteiger partial charge >= 0.3 is 5.97 Å². The molecule has 2 aromatic carbocycles. The van der Waals surface area contributed by atoms with Crippen molar-refractivity contribution in [2.45, 2.75) is 26.4 Å². The normalized spacial score (nSPS) is 11.0. The summed E-state index contributed by atoms with van der Waals surface area (Å²) in [5.74, 6) is 0.302. The number of carbonyl (C=O) groups is 1. The minimum Gasteiger partial charge on any atom is -0.488 e. The summed E-state index contributed by atoms with van der Waals surface area (Å²) in [6.07, 6.45) is -0.0534. The zero-order chi connectivity index (χ0) is 20.1. The van der Waals surface area contributed by atoms with E-state index >= 15 is 0 Å². The molecule has 0 saturated heterocycles. The van der Waals surface area contributed by atoms with Crippen molar-refractivity contribution in [1.29, 1.82) is 0 Å². The standard InChI is InChI=1S/C21H24N2O4S/c1-14(2)27-17-9-8-15(13-20(24)25)12-18(17)26-11-10-23(3)21-22-16-6-4-5-7-19(16)28-21/h4-9,12,14H,10-11,13H2,1-3H3,(H,24,25). The van der Waals surface area contributed by atoms with E-state index in [1.807, 2.05) is 39.1 Å². The number of aromatic nitrogens is 1. The van der Waals surface area contributed by atoms with Crippen molar-refractivity contribution in [2.75, 3.05) is 25.1 Å². The summed E-state index contributed by atoms with van der Waals surface area (Å²) in [7, 11) is 1.98. The molecule has 0 aliphatic heterocycles. The van der Waals surface area contributed by atoms with Crippen LogP contribution in [-0.4, -0.2) is 42.4 Å². The topological polar surface area (TPSA) is 71.9 Å². The second-order valence-corrected chi connectivity index (χ2v) is 7.76. The molecule has 6 nitrogen and oxygen atoms in total. The monoisotopic (exact) mass is 400 g/mol. The molecule has 1 N–H and O–H groups in total. The number of thiazole rings is 1. The van der Waals surface area contributed by atoms with Crippen LogP contribution in [0.5, 0.6) is 11.5 Å². The maximum absolute atomic E-state index is 11.0. The highest BCUT2D eigenvalue weighted by Crippen LogP contribution is 2.30. The Balaban J connectivity index is 1.67. The van der Waals surface area contributed by atoms with E-state index in [1.54, 1.807) is 29.5 Å². The predicted octanol–water partition coefficient (Wildman–Crippen LogP) is 4.23. The zero-order valence-corrected chi connectivity index (χ0v) is 17.0. The first-order valence-electron chi connectivity index (χ1n) is 9.13. The minimum absolute atomic E-state index is 0.00176. The lowest BCUT2D eigenvalue weighted by Crippen LogP contribution is -2.23. The first kappa shape index (κ1) is 19.9. The van der Waals surface area contributed by atoms with Crippen molar-refractivity contribution in [1.82, 2.24) is 4.98 Å². The van der Waals surface area contributed by atoms with Crippen LogP contribution in [0.3, 0.4) is 0 Å². The van der Waals surface area contributed by atoms with Gasteiger partial charge in [-0.25, -0.2) is 4.98 Å². The number of nitrogens with zero attached hydrogens (tertiary/aromatic N) is 2. The highest BCUT2D eigenvalue weighted by molar-refractivity contribution is 7.22. The molecule has 148 valence electrons. The lowest BCUT2D eigenvalue weighted by molar-refractivity contribution is -0.136. The van der Waals surface area contributed by atoms with Gasteiger partial charge in [0.1, 0.15) is 6.61 Å². The number of aliphatic carboxylic acids is 1. The van der Waals surface area contributed by atoms with Gasteiger partial charge in [0.05, 0.1) is 29.3 Å². The van der Waals surface area contributed by atoms with Crippen LogP contribution < -0.4 is 14.4 Å². The van der Waals surface area contributed by atoms with Gasteiger partial charge in [-0.15, -0.1) is 0 Å².